The first-order chi connectivity index (χ1) is 15.8. The number of hydrogen-bond acceptors (Lipinski definition) is 6. The van der Waals surface area contributed by atoms with Crippen molar-refractivity contribution in [3.05, 3.63) is 58.9 Å². The molecule has 1 fully saturated rings. The number of piperidine rings is 1. The average molecular weight is 478 g/mol. The number of benzene rings is 1. The third-order valence-corrected chi connectivity index (χ3v) is 6.71. The van der Waals surface area contributed by atoms with Gasteiger partial charge in [0, 0.05) is 43.0 Å². The number of anilines is 1. The summed E-state index contributed by atoms with van der Waals surface area (Å²) in [7, 11) is 0. The molecular weight excluding hydrogens is 455 g/mol. The van der Waals surface area contributed by atoms with Crippen LogP contribution in [0.2, 0.25) is 5.02 Å². The molecule has 1 atom stereocenters. The van der Waals surface area contributed by atoms with Crippen molar-refractivity contribution >= 4 is 17.5 Å². The van der Waals surface area contributed by atoms with Gasteiger partial charge in [0.15, 0.2) is 5.82 Å². The molecule has 1 aromatic carbocycles. The summed E-state index contributed by atoms with van der Waals surface area (Å²) in [4.78, 5) is 12.2. The molecule has 0 bridgehead atoms. The molecule has 1 saturated heterocycles. The van der Waals surface area contributed by atoms with E-state index in [1.807, 2.05) is 10.6 Å². The fourth-order valence-corrected chi connectivity index (χ4v) is 4.78. The van der Waals surface area contributed by atoms with Crippen molar-refractivity contribution in [1.29, 1.82) is 0 Å². The van der Waals surface area contributed by atoms with E-state index < -0.39 is 12.2 Å². The number of nitrogens with zero attached hydrogens (tertiary/aromatic N) is 7. The van der Waals surface area contributed by atoms with Crippen molar-refractivity contribution in [2.45, 2.75) is 51.0 Å². The van der Waals surface area contributed by atoms with E-state index in [-0.39, 0.29) is 19.0 Å². The third-order valence-electron chi connectivity index (χ3n) is 6.47. The summed E-state index contributed by atoms with van der Waals surface area (Å²) in [5, 5.41) is 9.29. The van der Waals surface area contributed by atoms with E-state index in [1.54, 1.807) is 30.6 Å². The maximum atomic E-state index is 13.5. The Hall–Kier alpha value is -2.72. The van der Waals surface area contributed by atoms with Crippen LogP contribution in [0.4, 0.5) is 19.1 Å². The van der Waals surface area contributed by atoms with Gasteiger partial charge in [-0.3, -0.25) is 9.47 Å². The Balaban J connectivity index is 1.47. The summed E-state index contributed by atoms with van der Waals surface area (Å²) in [6.45, 7) is 2.89. The molecule has 0 amide bonds. The van der Waals surface area contributed by atoms with Crippen LogP contribution >= 0.6 is 11.6 Å². The lowest BCUT2D eigenvalue weighted by atomic mass is 9.95. The summed E-state index contributed by atoms with van der Waals surface area (Å²) >= 11 is 6.21. The van der Waals surface area contributed by atoms with Crippen molar-refractivity contribution in [3.8, 4) is 5.69 Å². The summed E-state index contributed by atoms with van der Waals surface area (Å²) in [5.41, 5.74) is 1.52. The number of alkyl halides is 3. The Morgan fingerprint density at radius 3 is 2.48 bits per heavy atom. The molecule has 3 aromatic rings. The van der Waals surface area contributed by atoms with Crippen molar-refractivity contribution in [1.82, 2.24) is 29.6 Å². The summed E-state index contributed by atoms with van der Waals surface area (Å²) in [6, 6.07) is 5.51. The van der Waals surface area contributed by atoms with Gasteiger partial charge in [0.05, 0.1) is 12.2 Å². The second-order valence-electron chi connectivity index (χ2n) is 8.52. The summed E-state index contributed by atoms with van der Waals surface area (Å²) in [5.74, 6) is 2.12. The monoisotopic (exact) mass is 477 g/mol. The minimum absolute atomic E-state index is 0.0523. The van der Waals surface area contributed by atoms with Gasteiger partial charge in [-0.05, 0) is 49.6 Å². The molecule has 0 radical (unpaired) electrons. The normalized spacial score (nSPS) is 18.5. The van der Waals surface area contributed by atoms with Crippen LogP contribution in [-0.2, 0) is 13.1 Å². The zero-order chi connectivity index (χ0) is 23.2. The van der Waals surface area contributed by atoms with Crippen LogP contribution in [0.15, 0.2) is 36.7 Å². The fraction of sp³-hybridized carbons (Fsp3) is 0.455. The molecule has 11 heteroatoms. The standard InChI is InChI=1S/C22H23ClF3N7/c1-14(22(24,25)26)32-12-16-11-17(23)3-4-18(16)33-19(13-32)29-30-20(33)15-5-9-31(10-6-15)21-27-7-2-8-28-21/h2-4,7-8,11,14-15H,5-6,9-10,12-13H2,1H3. The van der Waals surface area contributed by atoms with Gasteiger partial charge in [-0.2, -0.15) is 13.2 Å². The maximum absolute atomic E-state index is 13.5. The lowest BCUT2D eigenvalue weighted by molar-refractivity contribution is -0.182. The van der Waals surface area contributed by atoms with Gasteiger partial charge in [-0.25, -0.2) is 9.97 Å². The number of halogens is 4. The van der Waals surface area contributed by atoms with E-state index >= 15 is 0 Å². The Morgan fingerprint density at radius 1 is 1.06 bits per heavy atom. The second kappa shape index (κ2) is 8.57. The first-order valence-electron chi connectivity index (χ1n) is 10.9. The molecule has 2 aliphatic heterocycles. The first kappa shape index (κ1) is 22.1. The highest BCUT2D eigenvalue weighted by Crippen LogP contribution is 2.36. The van der Waals surface area contributed by atoms with Gasteiger partial charge in [-0.15, -0.1) is 10.2 Å². The van der Waals surface area contributed by atoms with E-state index in [0.29, 0.717) is 16.8 Å². The van der Waals surface area contributed by atoms with Gasteiger partial charge in [0.1, 0.15) is 11.9 Å². The van der Waals surface area contributed by atoms with Crippen LogP contribution in [0.5, 0.6) is 0 Å². The van der Waals surface area contributed by atoms with Gasteiger partial charge in [-0.1, -0.05) is 11.6 Å². The largest absolute Gasteiger partial charge is 0.403 e. The smallest absolute Gasteiger partial charge is 0.341 e. The molecule has 7 nitrogen and oxygen atoms in total. The van der Waals surface area contributed by atoms with Crippen molar-refractivity contribution in [3.63, 3.8) is 0 Å². The van der Waals surface area contributed by atoms with Crippen LogP contribution in [-0.4, -0.2) is 54.9 Å². The molecule has 4 heterocycles. The van der Waals surface area contributed by atoms with Gasteiger partial charge >= 0.3 is 6.18 Å². The van der Waals surface area contributed by atoms with E-state index in [9.17, 15) is 13.2 Å². The Bertz CT molecular complexity index is 1130. The van der Waals surface area contributed by atoms with E-state index in [0.717, 1.165) is 43.0 Å². The average Bonchev–Trinajstić information content (AvgIpc) is 3.14. The number of rotatable bonds is 3. The molecule has 0 aliphatic carbocycles. The lowest BCUT2D eigenvalue weighted by Gasteiger charge is -2.31. The fourth-order valence-electron chi connectivity index (χ4n) is 4.59. The molecule has 174 valence electrons. The lowest BCUT2D eigenvalue weighted by Crippen LogP contribution is -2.42. The maximum Gasteiger partial charge on any atom is 0.403 e. The highest BCUT2D eigenvalue weighted by Gasteiger charge is 2.42. The van der Waals surface area contributed by atoms with Crippen LogP contribution in [0.1, 0.15) is 42.9 Å². The summed E-state index contributed by atoms with van der Waals surface area (Å²) < 4.78 is 42.6. The highest BCUT2D eigenvalue weighted by atomic mass is 35.5. The molecule has 0 spiro atoms. The predicted octanol–water partition coefficient (Wildman–Crippen LogP) is 4.36. The van der Waals surface area contributed by atoms with Crippen LogP contribution in [0.25, 0.3) is 5.69 Å². The van der Waals surface area contributed by atoms with E-state index in [2.05, 4.69) is 25.1 Å². The molecule has 2 aliphatic rings. The van der Waals surface area contributed by atoms with Crippen LogP contribution in [0.3, 0.4) is 0 Å². The molecule has 5 rings (SSSR count). The predicted molar refractivity (Wildman–Crippen MR) is 117 cm³/mol. The van der Waals surface area contributed by atoms with Crippen molar-refractivity contribution in [2.24, 2.45) is 0 Å². The molecule has 1 unspecified atom stereocenters. The molecule has 33 heavy (non-hydrogen) atoms. The summed E-state index contributed by atoms with van der Waals surface area (Å²) in [6.07, 6.45) is 0.748. The molecule has 0 N–H and O–H groups in total. The Labute approximate surface area is 194 Å². The molecule has 2 aromatic heterocycles. The topological polar surface area (TPSA) is 63.0 Å². The quantitative estimate of drug-likeness (QED) is 0.558. The van der Waals surface area contributed by atoms with Crippen LogP contribution in [0, 0.1) is 0 Å². The third kappa shape index (κ3) is 4.29. The zero-order valence-electron chi connectivity index (χ0n) is 18.0. The van der Waals surface area contributed by atoms with Gasteiger partial charge in [0.25, 0.3) is 0 Å². The van der Waals surface area contributed by atoms with Gasteiger partial charge in [0.2, 0.25) is 5.95 Å². The van der Waals surface area contributed by atoms with Crippen molar-refractivity contribution < 1.29 is 13.2 Å². The van der Waals surface area contributed by atoms with Crippen molar-refractivity contribution in [2.75, 3.05) is 18.0 Å². The van der Waals surface area contributed by atoms with E-state index in [4.69, 9.17) is 11.6 Å². The zero-order valence-corrected chi connectivity index (χ0v) is 18.8. The minimum Gasteiger partial charge on any atom is -0.341 e. The van der Waals surface area contributed by atoms with Crippen LogP contribution < -0.4 is 4.90 Å². The number of aromatic nitrogens is 5. The highest BCUT2D eigenvalue weighted by molar-refractivity contribution is 6.30. The van der Waals surface area contributed by atoms with Gasteiger partial charge < -0.3 is 4.90 Å². The second-order valence-corrected chi connectivity index (χ2v) is 8.95. The SMILES string of the molecule is CC(N1Cc2cc(Cl)ccc2-n2c(nnc2C2CCN(c3ncccn3)CC2)C1)C(F)(F)F. The molecular formula is C22H23ClF3N7. The first-order valence-corrected chi connectivity index (χ1v) is 11.2. The number of hydrogen-bond donors (Lipinski definition) is 0. The Morgan fingerprint density at radius 2 is 1.79 bits per heavy atom. The number of fused-ring (bicyclic) bond motifs is 3. The Kier molecular flexibility index (Phi) is 5.74. The van der Waals surface area contributed by atoms with E-state index in [1.165, 1.54) is 11.8 Å². The molecule has 0 saturated carbocycles. The minimum atomic E-state index is -4.34.